The van der Waals surface area contributed by atoms with Crippen LogP contribution in [0.5, 0.6) is 5.75 Å². The Bertz CT molecular complexity index is 892. The number of hydrogen-bond acceptors (Lipinski definition) is 7. The maximum atomic E-state index is 12.3. The Morgan fingerprint density at radius 1 is 1.12 bits per heavy atom. The van der Waals surface area contributed by atoms with Gasteiger partial charge in [0.25, 0.3) is 5.91 Å². The molecule has 0 aliphatic carbocycles. The van der Waals surface area contributed by atoms with Crippen LogP contribution >= 0.6 is 11.3 Å². The Kier molecular flexibility index (Phi) is 4.71. The summed E-state index contributed by atoms with van der Waals surface area (Å²) in [7, 11) is 1.62. The van der Waals surface area contributed by atoms with Crippen molar-refractivity contribution in [1.29, 1.82) is 0 Å². The first-order valence-corrected chi connectivity index (χ1v) is 8.20. The summed E-state index contributed by atoms with van der Waals surface area (Å²) in [6.07, 6.45) is 1.59. The number of nitrogens with zero attached hydrogens (tertiary/aromatic N) is 1. The van der Waals surface area contributed by atoms with E-state index in [0.717, 1.165) is 11.4 Å². The van der Waals surface area contributed by atoms with Gasteiger partial charge in [-0.2, -0.15) is 0 Å². The molecule has 7 nitrogen and oxygen atoms in total. The van der Waals surface area contributed by atoms with Crippen molar-refractivity contribution < 1.29 is 9.53 Å². The predicted octanol–water partition coefficient (Wildman–Crippen LogP) is 3.31. The SMILES string of the molecule is COc1ccc(Nc2ncc(NC(=O)c3ccc(N)c(N)c3)s2)cc1. The maximum absolute atomic E-state index is 12.3. The van der Waals surface area contributed by atoms with Crippen molar-refractivity contribution in [2.75, 3.05) is 29.2 Å². The number of benzene rings is 2. The van der Waals surface area contributed by atoms with E-state index in [1.54, 1.807) is 31.5 Å². The zero-order chi connectivity index (χ0) is 17.8. The lowest BCUT2D eigenvalue weighted by Crippen LogP contribution is -2.11. The predicted molar refractivity (Wildman–Crippen MR) is 102 cm³/mol. The van der Waals surface area contributed by atoms with Gasteiger partial charge in [0.05, 0.1) is 24.7 Å². The molecular weight excluding hydrogens is 338 g/mol. The normalized spacial score (nSPS) is 10.3. The van der Waals surface area contributed by atoms with Gasteiger partial charge < -0.3 is 26.8 Å². The average molecular weight is 355 g/mol. The number of ether oxygens (including phenoxy) is 1. The summed E-state index contributed by atoms with van der Waals surface area (Å²) in [4.78, 5) is 16.5. The highest BCUT2D eigenvalue weighted by Crippen LogP contribution is 2.27. The molecule has 8 heteroatoms. The minimum absolute atomic E-state index is 0.272. The second-order valence-corrected chi connectivity index (χ2v) is 6.21. The van der Waals surface area contributed by atoms with E-state index in [2.05, 4.69) is 15.6 Å². The number of rotatable bonds is 5. The number of nitrogens with two attached hydrogens (primary N) is 2. The van der Waals surface area contributed by atoms with E-state index in [1.807, 2.05) is 24.3 Å². The smallest absolute Gasteiger partial charge is 0.256 e. The van der Waals surface area contributed by atoms with Crippen LogP contribution in [0.1, 0.15) is 10.4 Å². The Hall–Kier alpha value is -3.26. The second-order valence-electron chi connectivity index (χ2n) is 5.18. The number of aromatic nitrogens is 1. The monoisotopic (exact) mass is 355 g/mol. The lowest BCUT2D eigenvalue weighted by atomic mass is 10.1. The van der Waals surface area contributed by atoms with Gasteiger partial charge in [-0.25, -0.2) is 4.98 Å². The van der Waals surface area contributed by atoms with Gasteiger partial charge in [-0.15, -0.1) is 0 Å². The third-order valence-corrected chi connectivity index (χ3v) is 4.26. The fourth-order valence-electron chi connectivity index (χ4n) is 2.09. The largest absolute Gasteiger partial charge is 0.497 e. The van der Waals surface area contributed by atoms with Gasteiger partial charge in [0.15, 0.2) is 5.13 Å². The molecule has 128 valence electrons. The van der Waals surface area contributed by atoms with Crippen molar-refractivity contribution in [3.8, 4) is 5.75 Å². The Balaban J connectivity index is 1.66. The summed E-state index contributed by atoms with van der Waals surface area (Å²) in [5.74, 6) is 0.506. The van der Waals surface area contributed by atoms with E-state index in [1.165, 1.54) is 11.3 Å². The van der Waals surface area contributed by atoms with E-state index < -0.39 is 0 Å². The van der Waals surface area contributed by atoms with Crippen molar-refractivity contribution in [2.24, 2.45) is 0 Å². The molecule has 6 N–H and O–H groups in total. The van der Waals surface area contributed by atoms with Crippen molar-refractivity contribution in [2.45, 2.75) is 0 Å². The molecule has 0 spiro atoms. The van der Waals surface area contributed by atoms with Crippen LogP contribution in [0.4, 0.5) is 27.2 Å². The van der Waals surface area contributed by atoms with E-state index >= 15 is 0 Å². The standard InChI is InChI=1S/C17H17N5O2S/c1-24-12-5-3-11(4-6-12)21-17-20-9-15(25-17)22-16(23)10-2-7-13(18)14(19)8-10/h2-9H,18-19H2,1H3,(H,20,21)(H,22,23). The fourth-order valence-corrected chi connectivity index (χ4v) is 2.82. The first-order chi connectivity index (χ1) is 12.0. The van der Waals surface area contributed by atoms with Gasteiger partial charge in [-0.3, -0.25) is 4.79 Å². The second kappa shape index (κ2) is 7.10. The first kappa shape index (κ1) is 16.6. The van der Waals surface area contributed by atoms with E-state index in [0.29, 0.717) is 27.1 Å². The number of hydrogen-bond donors (Lipinski definition) is 4. The lowest BCUT2D eigenvalue weighted by Gasteiger charge is -2.05. The molecule has 3 rings (SSSR count). The molecule has 2 aromatic carbocycles. The lowest BCUT2D eigenvalue weighted by molar-refractivity contribution is 0.102. The number of nitrogen functional groups attached to an aromatic ring is 2. The van der Waals surface area contributed by atoms with Crippen LogP contribution in [0.3, 0.4) is 0 Å². The zero-order valence-electron chi connectivity index (χ0n) is 13.4. The quantitative estimate of drug-likeness (QED) is 0.522. The molecule has 0 bridgehead atoms. The maximum Gasteiger partial charge on any atom is 0.256 e. The third-order valence-electron chi connectivity index (χ3n) is 3.43. The summed E-state index contributed by atoms with van der Waals surface area (Å²) in [6, 6.07) is 12.2. The fraction of sp³-hybridized carbons (Fsp3) is 0.0588. The number of thiazole rings is 1. The van der Waals surface area contributed by atoms with Gasteiger partial charge in [0, 0.05) is 11.3 Å². The summed E-state index contributed by atoms with van der Waals surface area (Å²) in [6.45, 7) is 0. The number of methoxy groups -OCH3 is 1. The third kappa shape index (κ3) is 3.99. The molecule has 0 unspecified atom stereocenters. The Morgan fingerprint density at radius 3 is 2.56 bits per heavy atom. The van der Waals surface area contributed by atoms with E-state index in [9.17, 15) is 4.79 Å². The summed E-state index contributed by atoms with van der Waals surface area (Å²) < 4.78 is 5.12. The highest BCUT2D eigenvalue weighted by atomic mass is 32.1. The van der Waals surface area contributed by atoms with Crippen LogP contribution < -0.4 is 26.8 Å². The zero-order valence-corrected chi connectivity index (χ0v) is 14.3. The molecular formula is C17H17N5O2S. The van der Waals surface area contributed by atoms with Gasteiger partial charge >= 0.3 is 0 Å². The highest BCUT2D eigenvalue weighted by Gasteiger charge is 2.10. The van der Waals surface area contributed by atoms with Gasteiger partial charge in [0.2, 0.25) is 0 Å². The molecule has 1 heterocycles. The Labute approximate surface area is 148 Å². The van der Waals surface area contributed by atoms with Gasteiger partial charge in [-0.1, -0.05) is 11.3 Å². The first-order valence-electron chi connectivity index (χ1n) is 7.38. The molecule has 3 aromatic rings. The number of carbonyl (C=O) groups excluding carboxylic acids is 1. The van der Waals surface area contributed by atoms with Crippen LogP contribution in [-0.4, -0.2) is 18.0 Å². The van der Waals surface area contributed by atoms with Crippen molar-refractivity contribution in [3.63, 3.8) is 0 Å². The minimum Gasteiger partial charge on any atom is -0.497 e. The molecule has 0 aliphatic heterocycles. The number of carbonyl (C=O) groups is 1. The van der Waals surface area contributed by atoms with Crippen LogP contribution in [0.15, 0.2) is 48.7 Å². The van der Waals surface area contributed by atoms with E-state index in [-0.39, 0.29) is 5.91 Å². The molecule has 25 heavy (non-hydrogen) atoms. The summed E-state index contributed by atoms with van der Waals surface area (Å²) in [5.41, 5.74) is 13.5. The molecule has 0 atom stereocenters. The van der Waals surface area contributed by atoms with Gasteiger partial charge in [0.1, 0.15) is 10.8 Å². The average Bonchev–Trinajstić information content (AvgIpc) is 3.04. The topological polar surface area (TPSA) is 115 Å². The molecule has 0 saturated carbocycles. The molecule has 0 aliphatic rings. The summed E-state index contributed by atoms with van der Waals surface area (Å²) in [5, 5.41) is 7.25. The molecule has 1 amide bonds. The van der Waals surface area contributed by atoms with Gasteiger partial charge in [-0.05, 0) is 42.5 Å². The van der Waals surface area contributed by atoms with Crippen LogP contribution in [0, 0.1) is 0 Å². The number of amides is 1. The van der Waals surface area contributed by atoms with Crippen molar-refractivity contribution in [1.82, 2.24) is 4.98 Å². The summed E-state index contributed by atoms with van der Waals surface area (Å²) >= 11 is 1.33. The molecule has 0 radical (unpaired) electrons. The van der Waals surface area contributed by atoms with Crippen LogP contribution in [0.25, 0.3) is 0 Å². The van der Waals surface area contributed by atoms with Crippen LogP contribution in [-0.2, 0) is 0 Å². The number of nitrogens with one attached hydrogen (secondary N) is 2. The number of anilines is 5. The molecule has 0 saturated heterocycles. The van der Waals surface area contributed by atoms with E-state index in [4.69, 9.17) is 16.2 Å². The van der Waals surface area contributed by atoms with Crippen molar-refractivity contribution >= 4 is 44.4 Å². The molecule has 1 aromatic heterocycles. The Morgan fingerprint density at radius 2 is 1.88 bits per heavy atom. The minimum atomic E-state index is -0.272. The van der Waals surface area contributed by atoms with Crippen molar-refractivity contribution in [3.05, 3.63) is 54.2 Å². The highest BCUT2D eigenvalue weighted by molar-refractivity contribution is 7.19. The van der Waals surface area contributed by atoms with Crippen LogP contribution in [0.2, 0.25) is 0 Å². The molecule has 0 fully saturated rings.